The Labute approximate surface area is 153 Å². The van der Waals surface area contributed by atoms with Crippen LogP contribution in [0, 0.1) is 0 Å². The van der Waals surface area contributed by atoms with Crippen molar-refractivity contribution in [2.45, 2.75) is 0 Å². The molecule has 0 saturated carbocycles. The fraction of sp³-hybridized carbons (Fsp3) is 0.316. The Morgan fingerprint density at radius 2 is 1.64 bits per heavy atom. The van der Waals surface area contributed by atoms with E-state index in [0.29, 0.717) is 23.8 Å². The number of halogens is 1. The van der Waals surface area contributed by atoms with E-state index in [0.717, 1.165) is 13.1 Å². The molecule has 0 radical (unpaired) electrons. The van der Waals surface area contributed by atoms with E-state index in [-0.39, 0.29) is 6.03 Å². The van der Waals surface area contributed by atoms with Gasteiger partial charge >= 0.3 is 6.03 Å². The van der Waals surface area contributed by atoms with Gasteiger partial charge in [-0.3, -0.25) is 0 Å². The first-order valence-corrected chi connectivity index (χ1v) is 8.75. The number of amides is 2. The molecule has 0 atom stereocenters. The van der Waals surface area contributed by atoms with Crippen molar-refractivity contribution in [3.63, 3.8) is 0 Å². The number of carbonyl (C=O) groups excluding carboxylic acids is 1. The monoisotopic (exact) mass is 358 g/mol. The number of rotatable bonds is 3. The Balaban J connectivity index is 1.56. The third kappa shape index (κ3) is 4.17. The molecule has 1 aliphatic heterocycles. The maximum atomic E-state index is 12.4. The van der Waals surface area contributed by atoms with Crippen LogP contribution in [0.15, 0.2) is 48.5 Å². The fourth-order valence-electron chi connectivity index (χ4n) is 2.89. The van der Waals surface area contributed by atoms with Crippen molar-refractivity contribution < 1.29 is 4.79 Å². The second-order valence-electron chi connectivity index (χ2n) is 6.29. The summed E-state index contributed by atoms with van der Waals surface area (Å²) in [4.78, 5) is 18.6. The molecule has 2 amide bonds. The fourth-order valence-corrected chi connectivity index (χ4v) is 3.07. The first kappa shape index (κ1) is 17.4. The molecule has 1 N–H and O–H groups in total. The predicted molar refractivity (Wildman–Crippen MR) is 105 cm³/mol. The van der Waals surface area contributed by atoms with Crippen LogP contribution in [0.2, 0.25) is 5.02 Å². The minimum atomic E-state index is -0.101. The number of para-hydroxylation sites is 1. The quantitative estimate of drug-likeness (QED) is 0.908. The van der Waals surface area contributed by atoms with Crippen LogP contribution in [0.4, 0.5) is 21.9 Å². The van der Waals surface area contributed by atoms with E-state index in [4.69, 9.17) is 11.6 Å². The summed E-state index contributed by atoms with van der Waals surface area (Å²) in [7, 11) is 4.07. The van der Waals surface area contributed by atoms with Crippen molar-refractivity contribution >= 4 is 34.7 Å². The summed E-state index contributed by atoms with van der Waals surface area (Å²) >= 11 is 6.10. The summed E-state index contributed by atoms with van der Waals surface area (Å²) in [5, 5.41) is 3.44. The van der Waals surface area contributed by atoms with Crippen molar-refractivity contribution in [1.82, 2.24) is 4.90 Å². The average molecular weight is 359 g/mol. The molecule has 0 spiro atoms. The summed E-state index contributed by atoms with van der Waals surface area (Å²) < 4.78 is 0. The van der Waals surface area contributed by atoms with Crippen LogP contribution in [0.1, 0.15) is 0 Å². The number of nitrogens with zero attached hydrogens (tertiary/aromatic N) is 3. The Morgan fingerprint density at radius 1 is 1.00 bits per heavy atom. The average Bonchev–Trinajstić information content (AvgIpc) is 2.64. The number of nitrogens with one attached hydrogen (secondary N) is 1. The van der Waals surface area contributed by atoms with Crippen LogP contribution in [-0.2, 0) is 0 Å². The summed E-state index contributed by atoms with van der Waals surface area (Å²) in [6.45, 7) is 3.01. The highest BCUT2D eigenvalue weighted by atomic mass is 35.5. The Hall–Kier alpha value is -2.40. The molecule has 1 aliphatic rings. The van der Waals surface area contributed by atoms with Gasteiger partial charge in [-0.2, -0.15) is 0 Å². The largest absolute Gasteiger partial charge is 0.378 e. The number of carbonyl (C=O) groups is 1. The zero-order valence-electron chi connectivity index (χ0n) is 14.6. The van der Waals surface area contributed by atoms with E-state index in [1.807, 2.05) is 37.2 Å². The zero-order chi connectivity index (χ0) is 17.8. The summed E-state index contributed by atoms with van der Waals surface area (Å²) in [6, 6.07) is 15.7. The molecule has 0 unspecified atom stereocenters. The highest BCUT2D eigenvalue weighted by Gasteiger charge is 2.21. The van der Waals surface area contributed by atoms with Gasteiger partial charge in [0.2, 0.25) is 0 Å². The number of piperazine rings is 1. The van der Waals surface area contributed by atoms with Gasteiger partial charge in [-0.25, -0.2) is 4.79 Å². The summed E-state index contributed by atoms with van der Waals surface area (Å²) in [5.74, 6) is 0. The van der Waals surface area contributed by atoms with Crippen LogP contribution in [-0.4, -0.2) is 51.2 Å². The third-order valence-electron chi connectivity index (χ3n) is 4.41. The predicted octanol–water partition coefficient (Wildman–Crippen LogP) is 3.76. The van der Waals surface area contributed by atoms with Gasteiger partial charge in [-0.1, -0.05) is 23.7 Å². The zero-order valence-corrected chi connectivity index (χ0v) is 15.3. The first-order chi connectivity index (χ1) is 12.0. The smallest absolute Gasteiger partial charge is 0.322 e. The molecule has 2 aromatic rings. The molecule has 0 aromatic heterocycles. The van der Waals surface area contributed by atoms with Crippen molar-refractivity contribution in [3.8, 4) is 0 Å². The lowest BCUT2D eigenvalue weighted by Gasteiger charge is -2.36. The molecule has 0 aliphatic carbocycles. The molecule has 1 heterocycles. The van der Waals surface area contributed by atoms with Gasteiger partial charge in [0.15, 0.2) is 0 Å². The van der Waals surface area contributed by atoms with E-state index in [9.17, 15) is 4.79 Å². The third-order valence-corrected chi connectivity index (χ3v) is 4.74. The molecule has 1 fully saturated rings. The van der Waals surface area contributed by atoms with E-state index in [2.05, 4.69) is 39.4 Å². The van der Waals surface area contributed by atoms with E-state index in [1.54, 1.807) is 6.07 Å². The second kappa shape index (κ2) is 7.66. The minimum Gasteiger partial charge on any atom is -0.378 e. The van der Waals surface area contributed by atoms with Gasteiger partial charge in [0, 0.05) is 51.6 Å². The highest BCUT2D eigenvalue weighted by molar-refractivity contribution is 6.33. The van der Waals surface area contributed by atoms with E-state index < -0.39 is 0 Å². The van der Waals surface area contributed by atoms with E-state index in [1.165, 1.54) is 11.4 Å². The number of benzene rings is 2. The maximum Gasteiger partial charge on any atom is 0.322 e. The molecule has 132 valence electrons. The lowest BCUT2D eigenvalue weighted by Crippen LogP contribution is -2.50. The maximum absolute atomic E-state index is 12.4. The normalized spacial score (nSPS) is 14.4. The molecule has 0 bridgehead atoms. The molecule has 1 saturated heterocycles. The van der Waals surface area contributed by atoms with Crippen molar-refractivity contribution in [2.24, 2.45) is 0 Å². The SMILES string of the molecule is CN(C)c1ccc(N2CCN(C(=O)Nc3ccccc3Cl)CC2)cc1. The van der Waals surface area contributed by atoms with Crippen LogP contribution in [0.5, 0.6) is 0 Å². The van der Waals surface area contributed by atoms with Gasteiger partial charge in [-0.15, -0.1) is 0 Å². The van der Waals surface area contributed by atoms with Crippen molar-refractivity contribution in [3.05, 3.63) is 53.6 Å². The second-order valence-corrected chi connectivity index (χ2v) is 6.70. The number of urea groups is 1. The number of hydrogen-bond donors (Lipinski definition) is 1. The van der Waals surface area contributed by atoms with Crippen molar-refractivity contribution in [1.29, 1.82) is 0 Å². The summed E-state index contributed by atoms with van der Waals surface area (Å²) in [5.41, 5.74) is 3.02. The van der Waals surface area contributed by atoms with Crippen molar-refractivity contribution in [2.75, 3.05) is 55.4 Å². The lowest BCUT2D eigenvalue weighted by atomic mass is 10.2. The number of anilines is 3. The van der Waals surface area contributed by atoms with Gasteiger partial charge in [0.05, 0.1) is 10.7 Å². The highest BCUT2D eigenvalue weighted by Crippen LogP contribution is 2.23. The Bertz CT molecular complexity index is 724. The van der Waals surface area contributed by atoms with E-state index >= 15 is 0 Å². The topological polar surface area (TPSA) is 38.8 Å². The van der Waals surface area contributed by atoms with Crippen LogP contribution < -0.4 is 15.1 Å². The summed E-state index contributed by atoms with van der Waals surface area (Å²) in [6.07, 6.45) is 0. The lowest BCUT2D eigenvalue weighted by molar-refractivity contribution is 0.208. The van der Waals surface area contributed by atoms with Gasteiger partial charge < -0.3 is 20.0 Å². The Morgan fingerprint density at radius 3 is 2.24 bits per heavy atom. The molecular formula is C19H23ClN4O. The molecule has 6 heteroatoms. The van der Waals surface area contributed by atoms with Crippen LogP contribution >= 0.6 is 11.6 Å². The molecule has 25 heavy (non-hydrogen) atoms. The van der Waals surface area contributed by atoms with Crippen LogP contribution in [0.25, 0.3) is 0 Å². The Kier molecular flexibility index (Phi) is 5.34. The molecule has 3 rings (SSSR count). The van der Waals surface area contributed by atoms with Gasteiger partial charge in [0.25, 0.3) is 0 Å². The molecule has 2 aromatic carbocycles. The van der Waals surface area contributed by atoms with Crippen LogP contribution in [0.3, 0.4) is 0 Å². The first-order valence-electron chi connectivity index (χ1n) is 8.37. The standard InChI is InChI=1S/C19H23ClN4O/c1-22(2)15-7-9-16(10-8-15)23-11-13-24(14-12-23)19(25)21-18-6-4-3-5-17(18)20/h3-10H,11-14H2,1-2H3,(H,21,25). The number of hydrogen-bond acceptors (Lipinski definition) is 3. The van der Waals surface area contributed by atoms with Gasteiger partial charge in [0.1, 0.15) is 0 Å². The molecule has 5 nitrogen and oxygen atoms in total. The van der Waals surface area contributed by atoms with Gasteiger partial charge in [-0.05, 0) is 36.4 Å². The minimum absolute atomic E-state index is 0.101. The molecular weight excluding hydrogens is 336 g/mol.